The SMILES string of the molecule is CCC(C#N)NC(=O)c1cccc(Cl)c1C. The summed E-state index contributed by atoms with van der Waals surface area (Å²) >= 11 is 5.92. The molecule has 0 heterocycles. The summed E-state index contributed by atoms with van der Waals surface area (Å²) in [7, 11) is 0. The third-order valence-electron chi connectivity index (χ3n) is 2.38. The molecule has 0 aliphatic heterocycles. The summed E-state index contributed by atoms with van der Waals surface area (Å²) in [5.74, 6) is -0.256. The average Bonchev–Trinajstić information content (AvgIpc) is 2.29. The fraction of sp³-hybridized carbons (Fsp3) is 0.333. The lowest BCUT2D eigenvalue weighted by atomic mass is 10.1. The van der Waals surface area contributed by atoms with Gasteiger partial charge in [-0.1, -0.05) is 24.6 Å². The first-order valence-electron chi connectivity index (χ1n) is 5.05. The molecule has 4 heteroatoms. The standard InChI is InChI=1S/C12H13ClN2O/c1-3-9(7-14)15-12(16)10-5-4-6-11(13)8(10)2/h4-6,9H,3H2,1-2H3,(H,15,16). The quantitative estimate of drug-likeness (QED) is 0.877. The maximum absolute atomic E-state index is 11.8. The molecule has 0 aliphatic rings. The second-order valence-electron chi connectivity index (χ2n) is 3.48. The molecular formula is C12H13ClN2O. The van der Waals surface area contributed by atoms with Gasteiger partial charge in [0, 0.05) is 10.6 Å². The number of nitriles is 1. The lowest BCUT2D eigenvalue weighted by molar-refractivity contribution is 0.0944. The predicted octanol–water partition coefficient (Wildman–Crippen LogP) is 2.68. The van der Waals surface area contributed by atoms with E-state index in [1.807, 2.05) is 13.0 Å². The maximum atomic E-state index is 11.8. The first kappa shape index (κ1) is 12.5. The monoisotopic (exact) mass is 236 g/mol. The maximum Gasteiger partial charge on any atom is 0.252 e. The van der Waals surface area contributed by atoms with Gasteiger partial charge >= 0.3 is 0 Å². The van der Waals surface area contributed by atoms with Crippen LogP contribution in [0.2, 0.25) is 5.02 Å². The Balaban J connectivity index is 2.90. The molecule has 0 bridgehead atoms. The molecule has 0 radical (unpaired) electrons. The van der Waals surface area contributed by atoms with Gasteiger partial charge in [-0.2, -0.15) is 5.26 Å². The number of carbonyl (C=O) groups is 1. The Morgan fingerprint density at radius 3 is 2.88 bits per heavy atom. The number of nitrogens with one attached hydrogen (secondary N) is 1. The lowest BCUT2D eigenvalue weighted by Gasteiger charge is -2.11. The van der Waals surface area contributed by atoms with Crippen molar-refractivity contribution in [2.75, 3.05) is 0 Å². The van der Waals surface area contributed by atoms with Crippen LogP contribution in [0.15, 0.2) is 18.2 Å². The van der Waals surface area contributed by atoms with Gasteiger partial charge in [-0.05, 0) is 31.0 Å². The van der Waals surface area contributed by atoms with Crippen molar-refractivity contribution in [3.8, 4) is 6.07 Å². The minimum absolute atomic E-state index is 0.256. The lowest BCUT2D eigenvalue weighted by Crippen LogP contribution is -2.33. The van der Waals surface area contributed by atoms with Crippen molar-refractivity contribution in [3.63, 3.8) is 0 Å². The van der Waals surface area contributed by atoms with Gasteiger partial charge in [-0.15, -0.1) is 0 Å². The molecule has 0 spiro atoms. The van der Waals surface area contributed by atoms with E-state index in [0.29, 0.717) is 17.0 Å². The number of halogens is 1. The smallest absolute Gasteiger partial charge is 0.252 e. The summed E-state index contributed by atoms with van der Waals surface area (Å²) in [5, 5.41) is 12.0. The van der Waals surface area contributed by atoms with Crippen molar-refractivity contribution in [2.45, 2.75) is 26.3 Å². The van der Waals surface area contributed by atoms with Crippen molar-refractivity contribution in [1.29, 1.82) is 5.26 Å². The molecule has 0 aromatic heterocycles. The van der Waals surface area contributed by atoms with Crippen LogP contribution in [0, 0.1) is 18.3 Å². The largest absolute Gasteiger partial charge is 0.336 e. The normalized spacial score (nSPS) is 11.6. The van der Waals surface area contributed by atoms with E-state index < -0.39 is 6.04 Å². The van der Waals surface area contributed by atoms with Crippen LogP contribution in [0.3, 0.4) is 0 Å². The highest BCUT2D eigenvalue weighted by atomic mass is 35.5. The zero-order valence-corrected chi connectivity index (χ0v) is 10.0. The van der Waals surface area contributed by atoms with Gasteiger partial charge in [0.15, 0.2) is 0 Å². The van der Waals surface area contributed by atoms with Crippen LogP contribution in [0.1, 0.15) is 29.3 Å². The molecule has 1 atom stereocenters. The molecule has 3 nitrogen and oxygen atoms in total. The van der Waals surface area contributed by atoms with E-state index in [2.05, 4.69) is 5.32 Å². The number of nitrogens with zero attached hydrogens (tertiary/aromatic N) is 1. The molecule has 1 rings (SSSR count). The molecule has 1 aromatic rings. The molecule has 16 heavy (non-hydrogen) atoms. The number of hydrogen-bond donors (Lipinski definition) is 1. The van der Waals surface area contributed by atoms with Crippen LogP contribution in [0.5, 0.6) is 0 Å². The van der Waals surface area contributed by atoms with Gasteiger partial charge in [0.05, 0.1) is 6.07 Å². The third-order valence-corrected chi connectivity index (χ3v) is 2.79. The van der Waals surface area contributed by atoms with Crippen molar-refractivity contribution >= 4 is 17.5 Å². The van der Waals surface area contributed by atoms with Crippen LogP contribution in [-0.2, 0) is 0 Å². The van der Waals surface area contributed by atoms with Gasteiger partial charge < -0.3 is 5.32 Å². The summed E-state index contributed by atoms with van der Waals surface area (Å²) in [6.45, 7) is 3.63. The van der Waals surface area contributed by atoms with Gasteiger partial charge in [-0.25, -0.2) is 0 Å². The highest BCUT2D eigenvalue weighted by molar-refractivity contribution is 6.31. The van der Waals surface area contributed by atoms with Crippen molar-refractivity contribution in [2.24, 2.45) is 0 Å². The number of carbonyl (C=O) groups excluding carboxylic acids is 1. The zero-order valence-electron chi connectivity index (χ0n) is 9.25. The minimum atomic E-state index is -0.453. The molecule has 0 aliphatic carbocycles. The number of benzene rings is 1. The average molecular weight is 237 g/mol. The Morgan fingerprint density at radius 1 is 1.62 bits per heavy atom. The number of amides is 1. The molecule has 0 saturated heterocycles. The Bertz CT molecular complexity index is 437. The molecule has 84 valence electrons. The van der Waals surface area contributed by atoms with Crippen molar-refractivity contribution in [1.82, 2.24) is 5.32 Å². The highest BCUT2D eigenvalue weighted by Crippen LogP contribution is 2.18. The summed E-state index contributed by atoms with van der Waals surface area (Å²) < 4.78 is 0. The summed E-state index contributed by atoms with van der Waals surface area (Å²) in [6.07, 6.45) is 0.585. The van der Waals surface area contributed by atoms with Gasteiger partial charge in [0.25, 0.3) is 5.91 Å². The summed E-state index contributed by atoms with van der Waals surface area (Å²) in [5.41, 5.74) is 1.25. The highest BCUT2D eigenvalue weighted by Gasteiger charge is 2.14. The Hall–Kier alpha value is -1.53. The number of hydrogen-bond acceptors (Lipinski definition) is 2. The fourth-order valence-corrected chi connectivity index (χ4v) is 1.49. The molecule has 1 N–H and O–H groups in total. The second kappa shape index (κ2) is 5.53. The van der Waals surface area contributed by atoms with Crippen molar-refractivity contribution < 1.29 is 4.79 Å². The van der Waals surface area contributed by atoms with E-state index in [-0.39, 0.29) is 5.91 Å². The van der Waals surface area contributed by atoms with Gasteiger partial charge in [-0.3, -0.25) is 4.79 Å². The molecule has 1 aromatic carbocycles. The van der Waals surface area contributed by atoms with Gasteiger partial charge in [0.2, 0.25) is 0 Å². The summed E-state index contributed by atoms with van der Waals surface area (Å²) in [4.78, 5) is 11.8. The second-order valence-corrected chi connectivity index (χ2v) is 3.88. The first-order valence-corrected chi connectivity index (χ1v) is 5.43. The first-order chi connectivity index (χ1) is 7.60. The van der Waals surface area contributed by atoms with Crippen LogP contribution in [0.25, 0.3) is 0 Å². The van der Waals surface area contributed by atoms with Crippen molar-refractivity contribution in [3.05, 3.63) is 34.3 Å². The molecular weight excluding hydrogens is 224 g/mol. The van der Waals surface area contributed by atoms with Crippen LogP contribution in [-0.4, -0.2) is 11.9 Å². The molecule has 0 fully saturated rings. The van der Waals surface area contributed by atoms with E-state index in [9.17, 15) is 4.79 Å². The van der Waals surface area contributed by atoms with E-state index in [4.69, 9.17) is 16.9 Å². The van der Waals surface area contributed by atoms with Crippen LogP contribution < -0.4 is 5.32 Å². The molecule has 1 amide bonds. The summed E-state index contributed by atoms with van der Waals surface area (Å²) in [6, 6.07) is 6.71. The van der Waals surface area contributed by atoms with Crippen LogP contribution in [0.4, 0.5) is 0 Å². The van der Waals surface area contributed by atoms with E-state index in [0.717, 1.165) is 5.56 Å². The molecule has 1 unspecified atom stereocenters. The van der Waals surface area contributed by atoms with Crippen LogP contribution >= 0.6 is 11.6 Å². The topological polar surface area (TPSA) is 52.9 Å². The van der Waals surface area contributed by atoms with Gasteiger partial charge in [0.1, 0.15) is 6.04 Å². The molecule has 0 saturated carbocycles. The van der Waals surface area contributed by atoms with E-state index in [1.54, 1.807) is 25.1 Å². The predicted molar refractivity (Wildman–Crippen MR) is 63.3 cm³/mol. The van der Waals surface area contributed by atoms with E-state index >= 15 is 0 Å². The Labute approximate surface area is 100 Å². The number of rotatable bonds is 3. The Morgan fingerprint density at radius 2 is 2.31 bits per heavy atom. The van der Waals surface area contributed by atoms with E-state index in [1.165, 1.54) is 0 Å². The third kappa shape index (κ3) is 2.74. The zero-order chi connectivity index (χ0) is 12.1. The fourth-order valence-electron chi connectivity index (χ4n) is 1.32. The Kier molecular flexibility index (Phi) is 4.33. The minimum Gasteiger partial charge on any atom is -0.336 e.